The first-order chi connectivity index (χ1) is 6.27. The lowest BCUT2D eigenvalue weighted by molar-refractivity contribution is -0.118. The number of nitrogens with one attached hydrogen (secondary N) is 2. The highest BCUT2D eigenvalue weighted by Crippen LogP contribution is 2.24. The van der Waals surface area contributed by atoms with Crippen molar-refractivity contribution in [3.8, 4) is 0 Å². The number of anilines is 2. The summed E-state index contributed by atoms with van der Waals surface area (Å²) < 4.78 is 0. The molecule has 1 aromatic carbocycles. The molecule has 2 rings (SSSR count). The number of nitrogens with two attached hydrogens (primary N) is 1. The topological polar surface area (TPSA) is 67.2 Å². The number of benzene rings is 1. The van der Waals surface area contributed by atoms with E-state index in [0.29, 0.717) is 6.54 Å². The second-order valence-electron chi connectivity index (χ2n) is 3.03. The Labute approximate surface area is 76.1 Å². The Morgan fingerprint density at radius 2 is 2.08 bits per heavy atom. The minimum Gasteiger partial charge on any atom is -0.381 e. The Kier molecular flexibility index (Phi) is 1.81. The molecule has 4 nitrogen and oxygen atoms in total. The minimum atomic E-state index is -0.331. The molecule has 0 saturated carbocycles. The van der Waals surface area contributed by atoms with Crippen LogP contribution < -0.4 is 16.4 Å². The minimum absolute atomic E-state index is 0.310. The van der Waals surface area contributed by atoms with Gasteiger partial charge in [0.2, 0.25) is 5.91 Å². The molecular weight excluding hydrogens is 166 g/mol. The van der Waals surface area contributed by atoms with E-state index in [9.17, 15) is 4.79 Å². The molecular formula is C9H11N3O. The van der Waals surface area contributed by atoms with Crippen molar-refractivity contribution in [2.75, 3.05) is 17.2 Å². The van der Waals surface area contributed by atoms with Crippen LogP contribution in [0.4, 0.5) is 11.4 Å². The standard InChI is InChI=1S/C9H11N3O/c10-9(13)8-5-11-6-3-1-2-4-7(6)12-8/h1-4,8,11-12H,5H2,(H2,10,13)/t8-/m1/s1. The molecule has 1 aliphatic rings. The molecule has 13 heavy (non-hydrogen) atoms. The molecule has 0 aliphatic carbocycles. The van der Waals surface area contributed by atoms with E-state index in [2.05, 4.69) is 10.6 Å². The summed E-state index contributed by atoms with van der Waals surface area (Å²) in [7, 11) is 0. The first-order valence-electron chi connectivity index (χ1n) is 4.16. The third-order valence-corrected chi connectivity index (χ3v) is 2.10. The second kappa shape index (κ2) is 2.97. The van der Waals surface area contributed by atoms with Gasteiger partial charge in [0, 0.05) is 6.54 Å². The van der Waals surface area contributed by atoms with E-state index in [-0.39, 0.29) is 11.9 Å². The Morgan fingerprint density at radius 3 is 2.77 bits per heavy atom. The molecule has 1 aliphatic heterocycles. The summed E-state index contributed by atoms with van der Waals surface area (Å²) in [5.41, 5.74) is 7.13. The van der Waals surface area contributed by atoms with Gasteiger partial charge >= 0.3 is 0 Å². The molecule has 0 unspecified atom stereocenters. The number of para-hydroxylation sites is 2. The smallest absolute Gasteiger partial charge is 0.241 e. The monoisotopic (exact) mass is 177 g/mol. The van der Waals surface area contributed by atoms with Crippen molar-refractivity contribution in [3.05, 3.63) is 24.3 Å². The summed E-state index contributed by atoms with van der Waals surface area (Å²) >= 11 is 0. The van der Waals surface area contributed by atoms with Gasteiger partial charge in [-0.15, -0.1) is 0 Å². The molecule has 1 aromatic rings. The molecule has 0 bridgehead atoms. The second-order valence-corrected chi connectivity index (χ2v) is 3.03. The first-order valence-corrected chi connectivity index (χ1v) is 4.16. The predicted molar refractivity (Wildman–Crippen MR) is 51.5 cm³/mol. The van der Waals surface area contributed by atoms with E-state index in [0.717, 1.165) is 11.4 Å². The van der Waals surface area contributed by atoms with Crippen LogP contribution >= 0.6 is 0 Å². The van der Waals surface area contributed by atoms with E-state index in [1.807, 2.05) is 24.3 Å². The highest BCUT2D eigenvalue weighted by Gasteiger charge is 2.20. The molecule has 0 aromatic heterocycles. The van der Waals surface area contributed by atoms with Crippen molar-refractivity contribution in [1.82, 2.24) is 0 Å². The lowest BCUT2D eigenvalue weighted by Gasteiger charge is -2.25. The highest BCUT2D eigenvalue weighted by molar-refractivity contribution is 5.87. The van der Waals surface area contributed by atoms with Crippen LogP contribution in [-0.2, 0) is 4.79 Å². The molecule has 4 N–H and O–H groups in total. The maximum absolute atomic E-state index is 10.9. The number of hydrogen-bond acceptors (Lipinski definition) is 3. The zero-order chi connectivity index (χ0) is 9.26. The van der Waals surface area contributed by atoms with Gasteiger partial charge in [-0.05, 0) is 12.1 Å². The molecule has 1 amide bonds. The molecule has 1 heterocycles. The van der Waals surface area contributed by atoms with E-state index in [4.69, 9.17) is 5.73 Å². The van der Waals surface area contributed by atoms with Crippen LogP contribution in [-0.4, -0.2) is 18.5 Å². The SMILES string of the molecule is NC(=O)[C@H]1CNc2ccccc2N1. The highest BCUT2D eigenvalue weighted by atomic mass is 16.1. The third-order valence-electron chi connectivity index (χ3n) is 2.10. The first kappa shape index (κ1) is 7.91. The van der Waals surface area contributed by atoms with Gasteiger partial charge in [0.05, 0.1) is 11.4 Å². The zero-order valence-corrected chi connectivity index (χ0v) is 7.08. The van der Waals surface area contributed by atoms with E-state index in [1.54, 1.807) is 0 Å². The van der Waals surface area contributed by atoms with Gasteiger partial charge in [-0.2, -0.15) is 0 Å². The Bertz CT molecular complexity index is 337. The largest absolute Gasteiger partial charge is 0.381 e. The summed E-state index contributed by atoms with van der Waals surface area (Å²) in [4.78, 5) is 10.9. The molecule has 0 spiro atoms. The Hall–Kier alpha value is -1.71. The number of amides is 1. The van der Waals surface area contributed by atoms with Crippen LogP contribution in [0.25, 0.3) is 0 Å². The Balaban J connectivity index is 2.24. The van der Waals surface area contributed by atoms with Crippen molar-refractivity contribution in [2.24, 2.45) is 5.73 Å². The molecule has 4 heteroatoms. The van der Waals surface area contributed by atoms with Crippen molar-refractivity contribution in [2.45, 2.75) is 6.04 Å². The van der Waals surface area contributed by atoms with Gasteiger partial charge in [-0.3, -0.25) is 4.79 Å². The lowest BCUT2D eigenvalue weighted by Crippen LogP contribution is -2.43. The lowest BCUT2D eigenvalue weighted by atomic mass is 10.1. The average Bonchev–Trinajstić information content (AvgIpc) is 2.17. The summed E-state index contributed by atoms with van der Waals surface area (Å²) in [6.45, 7) is 0.548. The van der Waals surface area contributed by atoms with Crippen LogP contribution in [0.1, 0.15) is 0 Å². The number of primary amides is 1. The number of carbonyl (C=O) groups excluding carboxylic acids is 1. The van der Waals surface area contributed by atoms with Gasteiger partial charge in [-0.1, -0.05) is 12.1 Å². The quantitative estimate of drug-likeness (QED) is 0.581. The molecule has 0 fully saturated rings. The van der Waals surface area contributed by atoms with Crippen LogP contribution in [0, 0.1) is 0 Å². The average molecular weight is 177 g/mol. The predicted octanol–water partition coefficient (Wildman–Crippen LogP) is 0.378. The summed E-state index contributed by atoms with van der Waals surface area (Å²) in [5.74, 6) is -0.331. The molecule has 68 valence electrons. The number of rotatable bonds is 1. The summed E-state index contributed by atoms with van der Waals surface area (Å²) in [6, 6.07) is 7.42. The molecule has 1 atom stereocenters. The third kappa shape index (κ3) is 1.42. The van der Waals surface area contributed by atoms with Crippen molar-refractivity contribution >= 4 is 17.3 Å². The Morgan fingerprint density at radius 1 is 1.38 bits per heavy atom. The van der Waals surface area contributed by atoms with Crippen molar-refractivity contribution in [1.29, 1.82) is 0 Å². The maximum atomic E-state index is 10.9. The summed E-state index contributed by atoms with van der Waals surface area (Å²) in [5, 5.41) is 6.19. The fraction of sp³-hybridized carbons (Fsp3) is 0.222. The maximum Gasteiger partial charge on any atom is 0.241 e. The van der Waals surface area contributed by atoms with Crippen LogP contribution in [0.3, 0.4) is 0 Å². The van der Waals surface area contributed by atoms with Gasteiger partial charge in [0.15, 0.2) is 0 Å². The van der Waals surface area contributed by atoms with Gasteiger partial charge < -0.3 is 16.4 Å². The van der Waals surface area contributed by atoms with Crippen molar-refractivity contribution in [3.63, 3.8) is 0 Å². The molecule has 0 saturated heterocycles. The number of carbonyl (C=O) groups is 1. The van der Waals surface area contributed by atoms with Crippen LogP contribution in [0.15, 0.2) is 24.3 Å². The summed E-state index contributed by atoms with van der Waals surface area (Å²) in [6.07, 6.45) is 0. The van der Waals surface area contributed by atoms with E-state index in [1.165, 1.54) is 0 Å². The van der Waals surface area contributed by atoms with Crippen LogP contribution in [0.2, 0.25) is 0 Å². The van der Waals surface area contributed by atoms with E-state index < -0.39 is 0 Å². The fourth-order valence-electron chi connectivity index (χ4n) is 1.39. The van der Waals surface area contributed by atoms with Crippen LogP contribution in [0.5, 0.6) is 0 Å². The normalized spacial score (nSPS) is 19.5. The number of fused-ring (bicyclic) bond motifs is 1. The molecule has 0 radical (unpaired) electrons. The fourth-order valence-corrected chi connectivity index (χ4v) is 1.39. The van der Waals surface area contributed by atoms with Crippen molar-refractivity contribution < 1.29 is 4.79 Å². The van der Waals surface area contributed by atoms with Gasteiger partial charge in [0.25, 0.3) is 0 Å². The van der Waals surface area contributed by atoms with E-state index >= 15 is 0 Å². The van der Waals surface area contributed by atoms with Gasteiger partial charge in [-0.25, -0.2) is 0 Å². The van der Waals surface area contributed by atoms with Gasteiger partial charge in [0.1, 0.15) is 6.04 Å². The zero-order valence-electron chi connectivity index (χ0n) is 7.08. The number of hydrogen-bond donors (Lipinski definition) is 3.